The predicted molar refractivity (Wildman–Crippen MR) is 57.5 cm³/mol. The van der Waals surface area contributed by atoms with Gasteiger partial charge in [-0.25, -0.2) is 0 Å². The number of nitrogens with two attached hydrogens (primary N) is 2. The van der Waals surface area contributed by atoms with Gasteiger partial charge in [0.15, 0.2) is 0 Å². The molecule has 6 N–H and O–H groups in total. The highest BCUT2D eigenvalue weighted by Gasteiger charge is 2.21. The minimum absolute atomic E-state index is 0.104. The molecule has 0 aliphatic rings. The number of hydrogen-bond donors (Lipinski definition) is 4. The number of aliphatic hydroxyl groups is 2. The normalized spacial score (nSPS) is 14.0. The molecule has 0 spiro atoms. The van der Waals surface area contributed by atoms with Crippen LogP contribution in [0.2, 0.25) is 0 Å². The quantitative estimate of drug-likeness (QED) is 0.492. The number of amides is 2. The van der Waals surface area contributed by atoms with Crippen LogP contribution in [0.4, 0.5) is 0 Å². The van der Waals surface area contributed by atoms with Crippen LogP contribution >= 0.6 is 0 Å². The minimum atomic E-state index is -1.35. The minimum Gasteiger partial charge on any atom is -0.390 e. The van der Waals surface area contributed by atoms with Crippen molar-refractivity contribution in [1.29, 1.82) is 0 Å². The molecule has 0 aromatic carbocycles. The Hall–Kier alpha value is -1.99. The third kappa shape index (κ3) is 3.51. The van der Waals surface area contributed by atoms with Gasteiger partial charge in [0.1, 0.15) is 6.10 Å². The Labute approximate surface area is 97.1 Å². The summed E-state index contributed by atoms with van der Waals surface area (Å²) >= 11 is 0. The molecule has 0 radical (unpaired) electrons. The molecule has 0 saturated heterocycles. The highest BCUT2D eigenvalue weighted by atomic mass is 16.3. The Bertz CT molecular complexity index is 435. The summed E-state index contributed by atoms with van der Waals surface area (Å²) in [4.78, 5) is 25.2. The Morgan fingerprint density at radius 2 is 1.94 bits per heavy atom. The van der Waals surface area contributed by atoms with Crippen LogP contribution in [-0.4, -0.2) is 33.1 Å². The van der Waals surface area contributed by atoms with Crippen molar-refractivity contribution in [2.75, 3.05) is 0 Å². The van der Waals surface area contributed by atoms with Gasteiger partial charge in [0.25, 0.3) is 0 Å². The van der Waals surface area contributed by atoms with Crippen molar-refractivity contribution in [3.8, 4) is 0 Å². The topological polar surface area (TPSA) is 140 Å². The van der Waals surface area contributed by atoms with Crippen molar-refractivity contribution in [2.24, 2.45) is 11.5 Å². The van der Waals surface area contributed by atoms with E-state index in [0.717, 1.165) is 0 Å². The van der Waals surface area contributed by atoms with E-state index in [-0.39, 0.29) is 17.5 Å². The maximum atomic E-state index is 10.9. The number of rotatable bonds is 5. The van der Waals surface area contributed by atoms with Gasteiger partial charge in [-0.1, -0.05) is 0 Å². The van der Waals surface area contributed by atoms with E-state index in [9.17, 15) is 19.8 Å². The first-order valence-electron chi connectivity index (χ1n) is 4.81. The number of aromatic nitrogens is 1. The first-order chi connectivity index (χ1) is 7.91. The van der Waals surface area contributed by atoms with E-state index in [4.69, 9.17) is 11.5 Å². The average molecular weight is 239 g/mol. The maximum absolute atomic E-state index is 10.9. The summed E-state index contributed by atoms with van der Waals surface area (Å²) in [5.74, 6) is -1.44. The Morgan fingerprint density at radius 3 is 2.47 bits per heavy atom. The lowest BCUT2D eigenvalue weighted by molar-refractivity contribution is -0.121. The Balaban J connectivity index is 2.88. The van der Waals surface area contributed by atoms with Gasteiger partial charge < -0.3 is 21.7 Å². The van der Waals surface area contributed by atoms with E-state index in [1.165, 1.54) is 18.5 Å². The molecule has 1 heterocycles. The highest BCUT2D eigenvalue weighted by Crippen LogP contribution is 2.18. The molecule has 0 fully saturated rings. The lowest BCUT2D eigenvalue weighted by Gasteiger charge is -2.16. The number of primary amides is 2. The Morgan fingerprint density at radius 1 is 1.29 bits per heavy atom. The van der Waals surface area contributed by atoms with E-state index in [2.05, 4.69) is 4.98 Å². The number of aliphatic hydroxyl groups excluding tert-OH is 2. The second-order valence-electron chi connectivity index (χ2n) is 3.55. The standard InChI is InChI=1S/C10H13N3O4/c11-8(15)2-7(14)9(16)5-1-6(10(12)17)4-13-3-5/h1,3-4,7,9,14,16H,2H2,(H2,11,15)(H2,12,17). The first kappa shape index (κ1) is 13.1. The maximum Gasteiger partial charge on any atom is 0.250 e. The second-order valence-corrected chi connectivity index (χ2v) is 3.55. The van der Waals surface area contributed by atoms with Crippen LogP contribution in [0, 0.1) is 0 Å². The van der Waals surface area contributed by atoms with Crippen molar-refractivity contribution in [3.05, 3.63) is 29.6 Å². The average Bonchev–Trinajstić information content (AvgIpc) is 2.27. The van der Waals surface area contributed by atoms with Gasteiger partial charge in [-0.05, 0) is 6.07 Å². The zero-order chi connectivity index (χ0) is 13.0. The summed E-state index contributed by atoms with van der Waals surface area (Å²) in [6.45, 7) is 0. The van der Waals surface area contributed by atoms with Crippen molar-refractivity contribution < 1.29 is 19.8 Å². The van der Waals surface area contributed by atoms with Crippen molar-refractivity contribution in [2.45, 2.75) is 18.6 Å². The molecule has 7 heteroatoms. The SMILES string of the molecule is NC(=O)CC(O)C(O)c1cncc(C(N)=O)c1. The number of carbonyl (C=O) groups is 2. The van der Waals surface area contributed by atoms with Crippen molar-refractivity contribution in [1.82, 2.24) is 4.98 Å². The van der Waals surface area contributed by atoms with Crippen LogP contribution in [-0.2, 0) is 4.79 Å². The van der Waals surface area contributed by atoms with Crippen molar-refractivity contribution >= 4 is 11.8 Å². The molecule has 0 saturated carbocycles. The molecule has 0 aliphatic carbocycles. The molecular weight excluding hydrogens is 226 g/mol. The molecule has 7 nitrogen and oxygen atoms in total. The molecule has 1 rings (SSSR count). The van der Waals surface area contributed by atoms with E-state index in [1.54, 1.807) is 0 Å². The smallest absolute Gasteiger partial charge is 0.250 e. The van der Waals surface area contributed by atoms with Gasteiger partial charge >= 0.3 is 0 Å². The Kier molecular flexibility index (Phi) is 4.13. The fourth-order valence-corrected chi connectivity index (χ4v) is 1.29. The summed E-state index contributed by atoms with van der Waals surface area (Å²) in [7, 11) is 0. The van der Waals surface area contributed by atoms with Gasteiger partial charge in [0, 0.05) is 18.0 Å². The third-order valence-electron chi connectivity index (χ3n) is 2.16. The molecule has 0 bridgehead atoms. The highest BCUT2D eigenvalue weighted by molar-refractivity contribution is 5.92. The lowest BCUT2D eigenvalue weighted by atomic mass is 10.0. The molecule has 0 aliphatic heterocycles. The molecule has 1 aromatic heterocycles. The second kappa shape index (κ2) is 5.37. The van der Waals surface area contributed by atoms with Crippen LogP contribution < -0.4 is 11.5 Å². The van der Waals surface area contributed by atoms with E-state index in [0.29, 0.717) is 0 Å². The molecule has 2 atom stereocenters. The molecule has 2 amide bonds. The molecule has 92 valence electrons. The van der Waals surface area contributed by atoms with E-state index >= 15 is 0 Å². The van der Waals surface area contributed by atoms with Gasteiger partial charge in [-0.2, -0.15) is 0 Å². The zero-order valence-electron chi connectivity index (χ0n) is 8.91. The van der Waals surface area contributed by atoms with Crippen LogP contribution in [0.1, 0.15) is 28.4 Å². The fourth-order valence-electron chi connectivity index (χ4n) is 1.29. The van der Waals surface area contributed by atoms with Gasteiger partial charge in [-0.3, -0.25) is 14.6 Å². The molecule has 17 heavy (non-hydrogen) atoms. The van der Waals surface area contributed by atoms with Crippen LogP contribution in [0.5, 0.6) is 0 Å². The van der Waals surface area contributed by atoms with Crippen LogP contribution in [0.25, 0.3) is 0 Å². The first-order valence-corrected chi connectivity index (χ1v) is 4.81. The fraction of sp³-hybridized carbons (Fsp3) is 0.300. The van der Waals surface area contributed by atoms with Crippen molar-refractivity contribution in [3.63, 3.8) is 0 Å². The summed E-state index contributed by atoms with van der Waals surface area (Å²) in [5.41, 5.74) is 10.2. The largest absolute Gasteiger partial charge is 0.390 e. The number of carbonyl (C=O) groups excluding carboxylic acids is 2. The van der Waals surface area contributed by atoms with E-state index < -0.39 is 24.0 Å². The van der Waals surface area contributed by atoms with Crippen LogP contribution in [0.15, 0.2) is 18.5 Å². The van der Waals surface area contributed by atoms with Gasteiger partial charge in [0.2, 0.25) is 11.8 Å². The summed E-state index contributed by atoms with van der Waals surface area (Å²) < 4.78 is 0. The zero-order valence-corrected chi connectivity index (χ0v) is 8.91. The monoisotopic (exact) mass is 239 g/mol. The summed E-state index contributed by atoms with van der Waals surface area (Å²) in [5, 5.41) is 19.2. The number of hydrogen-bond acceptors (Lipinski definition) is 5. The predicted octanol–water partition coefficient (Wildman–Crippen LogP) is -1.55. The van der Waals surface area contributed by atoms with Crippen LogP contribution in [0.3, 0.4) is 0 Å². The third-order valence-corrected chi connectivity index (χ3v) is 2.16. The molecular formula is C10H13N3O4. The summed E-state index contributed by atoms with van der Waals surface area (Å²) in [6.07, 6.45) is -0.589. The molecule has 2 unspecified atom stereocenters. The van der Waals surface area contributed by atoms with Gasteiger partial charge in [-0.15, -0.1) is 0 Å². The van der Waals surface area contributed by atoms with Gasteiger partial charge in [0.05, 0.1) is 18.1 Å². The summed E-state index contributed by atoms with van der Waals surface area (Å²) in [6, 6.07) is 1.30. The number of pyridine rings is 1. The molecule has 1 aromatic rings. The van der Waals surface area contributed by atoms with E-state index in [1.807, 2.05) is 0 Å². The number of nitrogens with zero attached hydrogens (tertiary/aromatic N) is 1. The lowest BCUT2D eigenvalue weighted by Crippen LogP contribution is -2.26.